The lowest BCUT2D eigenvalue weighted by Gasteiger charge is -2.14. The molecule has 24 heavy (non-hydrogen) atoms. The van der Waals surface area contributed by atoms with Crippen LogP contribution in [0, 0.1) is 0 Å². The topological polar surface area (TPSA) is 180 Å². The van der Waals surface area contributed by atoms with Crippen LogP contribution in [0.25, 0.3) is 11.2 Å². The smallest absolute Gasteiger partial charge is 0.350 e. The highest BCUT2D eigenvalue weighted by Gasteiger charge is 2.19. The summed E-state index contributed by atoms with van der Waals surface area (Å²) >= 11 is 0. The summed E-state index contributed by atoms with van der Waals surface area (Å²) < 4.78 is 28.1. The number of rotatable bonds is 8. The van der Waals surface area contributed by atoms with Gasteiger partial charge >= 0.3 is 15.2 Å². The van der Waals surface area contributed by atoms with E-state index in [0.29, 0.717) is 11.3 Å². The number of ether oxygens (including phenoxy) is 1. The number of nitrogens with zero attached hydrogens (tertiary/aromatic N) is 4. The van der Waals surface area contributed by atoms with Crippen LogP contribution in [-0.2, 0) is 20.2 Å². The highest BCUT2D eigenvalue weighted by atomic mass is 31.2. The van der Waals surface area contributed by atoms with Crippen molar-refractivity contribution in [1.82, 2.24) is 19.5 Å². The molecule has 5 N–H and O–H groups in total. The average molecular weight is 381 g/mol. The maximum absolute atomic E-state index is 11.1. The molecule has 0 bridgehead atoms. The molecule has 2 aromatic rings. The predicted molar refractivity (Wildman–Crippen MR) is 83.3 cm³/mol. The number of hydrogen-bond acceptors (Lipinski definition) is 7. The van der Waals surface area contributed by atoms with Crippen molar-refractivity contribution in [3.63, 3.8) is 0 Å². The first-order valence-corrected chi connectivity index (χ1v) is 10.2. The fraction of sp³-hybridized carbons (Fsp3) is 0.500. The lowest BCUT2D eigenvalue weighted by atomic mass is 10.4. The molecule has 0 saturated carbocycles. The van der Waals surface area contributed by atoms with Crippen molar-refractivity contribution >= 4 is 32.2 Å². The van der Waals surface area contributed by atoms with E-state index in [-0.39, 0.29) is 12.2 Å². The second-order valence-electron chi connectivity index (χ2n) is 5.07. The van der Waals surface area contributed by atoms with Crippen LogP contribution in [0.3, 0.4) is 0 Å². The number of imidazole rings is 1. The van der Waals surface area contributed by atoms with Gasteiger partial charge in [-0.25, -0.2) is 15.0 Å². The van der Waals surface area contributed by atoms with E-state index in [9.17, 15) is 9.13 Å². The quantitative estimate of drug-likeness (QED) is 0.386. The van der Waals surface area contributed by atoms with Crippen LogP contribution in [0.2, 0.25) is 0 Å². The molecule has 0 radical (unpaired) electrons. The van der Waals surface area contributed by atoms with Gasteiger partial charge in [-0.2, -0.15) is 0 Å². The first kappa shape index (κ1) is 18.9. The van der Waals surface area contributed by atoms with Crippen molar-refractivity contribution < 1.29 is 33.4 Å². The SMILES string of the molecule is C[C@H](CNc1ncnc2c1ncn2CP(=O)(O)O)OCP(=O)(O)O. The van der Waals surface area contributed by atoms with Gasteiger partial charge in [0.15, 0.2) is 11.5 Å². The van der Waals surface area contributed by atoms with Crippen LogP contribution in [0.1, 0.15) is 6.92 Å². The Morgan fingerprint density at radius 1 is 1.21 bits per heavy atom. The van der Waals surface area contributed by atoms with E-state index in [2.05, 4.69) is 20.3 Å². The van der Waals surface area contributed by atoms with Crippen LogP contribution < -0.4 is 5.32 Å². The highest BCUT2D eigenvalue weighted by molar-refractivity contribution is 7.51. The standard InChI is InChI=1S/C10H17N5O7P2/c1-7(22-6-24(19,20)21)2-11-9-8-10(13-3-12-9)15(4-14-8)5-23(16,17)18/h3-4,7H,2,5-6H2,1H3,(H,11,12,13)(H2,16,17,18)(H2,19,20,21)/t7-/m1/s1. The van der Waals surface area contributed by atoms with E-state index in [4.69, 9.17) is 24.3 Å². The summed E-state index contributed by atoms with van der Waals surface area (Å²) in [5, 5.41) is 2.90. The van der Waals surface area contributed by atoms with Gasteiger partial charge < -0.3 is 34.2 Å². The van der Waals surface area contributed by atoms with Crippen LogP contribution in [0.5, 0.6) is 0 Å². The largest absolute Gasteiger partial charge is 0.366 e. The van der Waals surface area contributed by atoms with Gasteiger partial charge in [-0.15, -0.1) is 0 Å². The number of aromatic nitrogens is 4. The maximum Gasteiger partial charge on any atom is 0.350 e. The monoisotopic (exact) mass is 381 g/mol. The third-order valence-corrected chi connectivity index (χ3v) is 3.98. The molecule has 2 aromatic heterocycles. The minimum Gasteiger partial charge on any atom is -0.366 e. The molecular weight excluding hydrogens is 364 g/mol. The summed E-state index contributed by atoms with van der Waals surface area (Å²) in [7, 11) is -8.52. The lowest BCUT2D eigenvalue weighted by Crippen LogP contribution is -2.21. The van der Waals surface area contributed by atoms with Gasteiger partial charge in [0, 0.05) is 6.54 Å². The van der Waals surface area contributed by atoms with Crippen molar-refractivity contribution in [3.8, 4) is 0 Å². The molecule has 0 unspecified atom stereocenters. The molecule has 0 fully saturated rings. The fourth-order valence-electron chi connectivity index (χ4n) is 1.84. The third-order valence-electron chi connectivity index (χ3n) is 2.82. The van der Waals surface area contributed by atoms with Gasteiger partial charge in [0.2, 0.25) is 0 Å². The fourth-order valence-corrected chi connectivity index (χ4v) is 2.89. The summed E-state index contributed by atoms with van der Waals surface area (Å²) in [5.41, 5.74) is 0.563. The van der Waals surface area contributed by atoms with Crippen molar-refractivity contribution in [3.05, 3.63) is 12.7 Å². The predicted octanol–water partition coefficient (Wildman–Crippen LogP) is -0.0863. The third kappa shape index (κ3) is 5.60. The van der Waals surface area contributed by atoms with Crippen LogP contribution >= 0.6 is 15.2 Å². The van der Waals surface area contributed by atoms with Crippen LogP contribution in [0.4, 0.5) is 5.82 Å². The zero-order valence-corrected chi connectivity index (χ0v) is 14.3. The molecule has 134 valence electrons. The summed E-state index contributed by atoms with van der Waals surface area (Å²) in [6, 6.07) is 0. The molecule has 0 aliphatic carbocycles. The molecule has 0 spiro atoms. The maximum atomic E-state index is 11.1. The number of fused-ring (bicyclic) bond motifs is 1. The van der Waals surface area contributed by atoms with E-state index in [0.717, 1.165) is 0 Å². The van der Waals surface area contributed by atoms with Gasteiger partial charge in [0.25, 0.3) is 0 Å². The van der Waals surface area contributed by atoms with E-state index in [1.54, 1.807) is 6.92 Å². The van der Waals surface area contributed by atoms with E-state index in [1.807, 2.05) is 0 Å². The van der Waals surface area contributed by atoms with Crippen molar-refractivity contribution in [2.45, 2.75) is 19.3 Å². The number of hydrogen-bond donors (Lipinski definition) is 5. The Labute approximate surface area is 136 Å². The van der Waals surface area contributed by atoms with Gasteiger partial charge in [-0.3, -0.25) is 9.13 Å². The molecule has 0 aromatic carbocycles. The Balaban J connectivity index is 2.07. The molecule has 0 amide bonds. The molecule has 2 rings (SSSR count). The summed E-state index contributed by atoms with van der Waals surface area (Å²) in [6.07, 6.45) is 0.703. The van der Waals surface area contributed by atoms with Gasteiger partial charge in [0.05, 0.1) is 12.4 Å². The first-order valence-electron chi connectivity index (χ1n) is 6.65. The Morgan fingerprint density at radius 3 is 2.54 bits per heavy atom. The van der Waals surface area contributed by atoms with Crippen molar-refractivity contribution in [2.24, 2.45) is 0 Å². The lowest BCUT2D eigenvalue weighted by molar-refractivity contribution is 0.0973. The van der Waals surface area contributed by atoms with Crippen LogP contribution in [-0.4, -0.2) is 58.1 Å². The molecular formula is C10H17N5O7P2. The van der Waals surface area contributed by atoms with Gasteiger partial charge in [0.1, 0.15) is 24.5 Å². The van der Waals surface area contributed by atoms with Gasteiger partial charge in [-0.1, -0.05) is 0 Å². The minimum absolute atomic E-state index is 0.192. The highest BCUT2D eigenvalue weighted by Crippen LogP contribution is 2.37. The molecule has 14 heteroatoms. The molecule has 0 saturated heterocycles. The Hall–Kier alpha value is -1.39. The zero-order chi connectivity index (χ0) is 18.0. The second kappa shape index (κ2) is 7.24. The normalized spacial score (nSPS) is 14.0. The number of anilines is 1. The molecule has 1 atom stereocenters. The molecule has 0 aliphatic heterocycles. The summed E-state index contributed by atoms with van der Waals surface area (Å²) in [5.74, 6) is 0.316. The Bertz CT molecular complexity index is 800. The van der Waals surface area contributed by atoms with E-state index < -0.39 is 33.9 Å². The second-order valence-corrected chi connectivity index (χ2v) is 8.27. The number of nitrogens with one attached hydrogen (secondary N) is 1. The first-order chi connectivity index (χ1) is 11.1. The van der Waals surface area contributed by atoms with E-state index in [1.165, 1.54) is 17.2 Å². The van der Waals surface area contributed by atoms with Crippen molar-refractivity contribution in [2.75, 3.05) is 18.2 Å². The summed E-state index contributed by atoms with van der Waals surface area (Å²) in [4.78, 5) is 47.6. The zero-order valence-electron chi connectivity index (χ0n) is 12.6. The molecule has 12 nitrogen and oxygen atoms in total. The average Bonchev–Trinajstić information content (AvgIpc) is 2.84. The Kier molecular flexibility index (Phi) is 5.71. The molecule has 2 heterocycles. The van der Waals surface area contributed by atoms with Gasteiger partial charge in [-0.05, 0) is 6.92 Å². The minimum atomic E-state index is -4.28. The Morgan fingerprint density at radius 2 is 1.92 bits per heavy atom. The summed E-state index contributed by atoms with van der Waals surface area (Å²) in [6.45, 7) is 1.81. The molecule has 0 aliphatic rings. The van der Waals surface area contributed by atoms with E-state index >= 15 is 0 Å². The van der Waals surface area contributed by atoms with Crippen molar-refractivity contribution in [1.29, 1.82) is 0 Å². The van der Waals surface area contributed by atoms with Crippen LogP contribution in [0.15, 0.2) is 12.7 Å².